The number of hydrogen-bond acceptors (Lipinski definition) is 4. The third-order valence-corrected chi connectivity index (χ3v) is 2.83. The maximum absolute atomic E-state index is 11.0. The van der Waals surface area contributed by atoms with Crippen molar-refractivity contribution in [1.82, 2.24) is 0 Å². The maximum Gasteiger partial charge on any atom is 0.311 e. The highest BCUT2D eigenvalue weighted by atomic mass is 16.6. The Bertz CT molecular complexity index is 635. The van der Waals surface area contributed by atoms with Crippen LogP contribution in [0, 0.1) is 17.0 Å². The molecule has 0 aromatic heterocycles. The SMILES string of the molecule is Cc1ccc(COc2ccc(C=O)cc2[N+](=O)[O-])cc1. The smallest absolute Gasteiger partial charge is 0.311 e. The summed E-state index contributed by atoms with van der Waals surface area (Å²) in [7, 11) is 0. The Hall–Kier alpha value is -2.69. The molecule has 0 unspecified atom stereocenters. The second-order valence-electron chi connectivity index (χ2n) is 4.38. The topological polar surface area (TPSA) is 69.4 Å². The highest BCUT2D eigenvalue weighted by molar-refractivity contribution is 5.77. The van der Waals surface area contributed by atoms with E-state index < -0.39 is 4.92 Å². The van der Waals surface area contributed by atoms with Crippen LogP contribution in [0.25, 0.3) is 0 Å². The first kappa shape index (κ1) is 13.7. The number of carbonyl (C=O) groups is 1. The minimum atomic E-state index is -0.558. The van der Waals surface area contributed by atoms with Crippen molar-refractivity contribution in [3.05, 3.63) is 69.3 Å². The molecule has 0 heterocycles. The Morgan fingerprint density at radius 1 is 1.20 bits per heavy atom. The van der Waals surface area contributed by atoms with Crippen molar-refractivity contribution < 1.29 is 14.5 Å². The summed E-state index contributed by atoms with van der Waals surface area (Å²) in [5.74, 6) is 0.154. The van der Waals surface area contributed by atoms with Gasteiger partial charge in [-0.1, -0.05) is 29.8 Å². The molecule has 2 aromatic carbocycles. The molecule has 0 N–H and O–H groups in total. The Balaban J connectivity index is 2.18. The summed E-state index contributed by atoms with van der Waals surface area (Å²) in [5.41, 5.74) is 2.10. The lowest BCUT2D eigenvalue weighted by Gasteiger charge is -2.07. The number of aldehydes is 1. The molecular weight excluding hydrogens is 258 g/mol. The number of nitrogens with zero attached hydrogens (tertiary/aromatic N) is 1. The third kappa shape index (κ3) is 3.20. The van der Waals surface area contributed by atoms with Crippen LogP contribution in [0.15, 0.2) is 42.5 Å². The van der Waals surface area contributed by atoms with Crippen LogP contribution in [0.4, 0.5) is 5.69 Å². The van der Waals surface area contributed by atoms with E-state index in [1.165, 1.54) is 18.2 Å². The van der Waals surface area contributed by atoms with Crippen molar-refractivity contribution in [2.45, 2.75) is 13.5 Å². The van der Waals surface area contributed by atoms with E-state index in [0.717, 1.165) is 11.1 Å². The summed E-state index contributed by atoms with van der Waals surface area (Å²) >= 11 is 0. The van der Waals surface area contributed by atoms with Crippen molar-refractivity contribution in [1.29, 1.82) is 0 Å². The number of nitro benzene ring substituents is 1. The summed E-state index contributed by atoms with van der Waals surface area (Å²) in [4.78, 5) is 21.0. The first-order valence-corrected chi connectivity index (χ1v) is 6.02. The normalized spacial score (nSPS) is 10.1. The fourth-order valence-corrected chi connectivity index (χ4v) is 1.72. The van der Waals surface area contributed by atoms with E-state index in [4.69, 9.17) is 4.74 Å². The first-order chi connectivity index (χ1) is 9.60. The van der Waals surface area contributed by atoms with Gasteiger partial charge in [-0.25, -0.2) is 0 Å². The summed E-state index contributed by atoms with van der Waals surface area (Å²) in [5, 5.41) is 11.0. The molecule has 20 heavy (non-hydrogen) atoms. The summed E-state index contributed by atoms with van der Waals surface area (Å²) in [6, 6.07) is 11.8. The van der Waals surface area contributed by atoms with E-state index in [1.807, 2.05) is 31.2 Å². The maximum atomic E-state index is 11.0. The number of carbonyl (C=O) groups excluding carboxylic acids is 1. The fourth-order valence-electron chi connectivity index (χ4n) is 1.72. The second kappa shape index (κ2) is 5.97. The van der Waals surface area contributed by atoms with Crippen molar-refractivity contribution in [2.75, 3.05) is 0 Å². The van der Waals surface area contributed by atoms with E-state index in [-0.39, 0.29) is 23.6 Å². The lowest BCUT2D eigenvalue weighted by Crippen LogP contribution is -2.00. The van der Waals surface area contributed by atoms with Gasteiger partial charge in [-0.15, -0.1) is 0 Å². The van der Waals surface area contributed by atoms with Crippen LogP contribution in [0.2, 0.25) is 0 Å². The molecular formula is C15H13NO4. The molecule has 5 nitrogen and oxygen atoms in total. The van der Waals surface area contributed by atoms with E-state index in [0.29, 0.717) is 6.29 Å². The molecule has 5 heteroatoms. The highest BCUT2D eigenvalue weighted by Gasteiger charge is 2.15. The summed E-state index contributed by atoms with van der Waals surface area (Å²) in [6.45, 7) is 2.22. The summed E-state index contributed by atoms with van der Waals surface area (Å²) < 4.78 is 5.47. The molecule has 102 valence electrons. The Kier molecular flexibility index (Phi) is 4.10. The molecule has 0 aliphatic heterocycles. The Morgan fingerprint density at radius 3 is 2.50 bits per heavy atom. The molecule has 0 bridgehead atoms. The Labute approximate surface area is 116 Å². The quantitative estimate of drug-likeness (QED) is 0.475. The number of hydrogen-bond donors (Lipinski definition) is 0. The molecule has 2 aromatic rings. The van der Waals surface area contributed by atoms with Crippen molar-refractivity contribution in [3.8, 4) is 5.75 Å². The van der Waals surface area contributed by atoms with Crippen LogP contribution in [-0.4, -0.2) is 11.2 Å². The average molecular weight is 271 g/mol. The van der Waals surface area contributed by atoms with Gasteiger partial charge in [0.15, 0.2) is 5.75 Å². The zero-order chi connectivity index (χ0) is 14.5. The molecule has 0 aliphatic rings. The molecule has 0 saturated heterocycles. The minimum Gasteiger partial charge on any atom is -0.482 e. The van der Waals surface area contributed by atoms with Crippen LogP contribution in [0.1, 0.15) is 21.5 Å². The number of rotatable bonds is 5. The highest BCUT2D eigenvalue weighted by Crippen LogP contribution is 2.28. The standard InChI is InChI=1S/C15H13NO4/c1-11-2-4-12(5-3-11)10-20-15-7-6-13(9-17)8-14(15)16(18)19/h2-9H,10H2,1H3. The average Bonchev–Trinajstić information content (AvgIpc) is 2.46. The zero-order valence-electron chi connectivity index (χ0n) is 10.9. The molecule has 0 radical (unpaired) electrons. The number of benzene rings is 2. The second-order valence-corrected chi connectivity index (χ2v) is 4.38. The van der Waals surface area contributed by atoms with Crippen molar-refractivity contribution >= 4 is 12.0 Å². The van der Waals surface area contributed by atoms with Gasteiger partial charge >= 0.3 is 5.69 Å². The lowest BCUT2D eigenvalue weighted by molar-refractivity contribution is -0.386. The monoisotopic (exact) mass is 271 g/mol. The third-order valence-electron chi connectivity index (χ3n) is 2.83. The number of aryl methyl sites for hydroxylation is 1. The van der Waals surface area contributed by atoms with Gasteiger partial charge in [0, 0.05) is 11.6 Å². The molecule has 0 spiro atoms. The van der Waals surface area contributed by atoms with Gasteiger partial charge < -0.3 is 4.74 Å². The van der Waals surface area contributed by atoms with Crippen LogP contribution in [0.3, 0.4) is 0 Å². The largest absolute Gasteiger partial charge is 0.482 e. The van der Waals surface area contributed by atoms with Gasteiger partial charge in [-0.2, -0.15) is 0 Å². The van der Waals surface area contributed by atoms with Crippen LogP contribution < -0.4 is 4.74 Å². The van der Waals surface area contributed by atoms with Crippen LogP contribution >= 0.6 is 0 Å². The predicted octanol–water partition coefficient (Wildman–Crippen LogP) is 3.29. The summed E-state index contributed by atoms with van der Waals surface area (Å²) in [6.07, 6.45) is 0.566. The lowest BCUT2D eigenvalue weighted by atomic mass is 10.1. The predicted molar refractivity (Wildman–Crippen MR) is 74.0 cm³/mol. The van der Waals surface area contributed by atoms with E-state index in [1.54, 1.807) is 0 Å². The van der Waals surface area contributed by atoms with Gasteiger partial charge in [0.2, 0.25) is 0 Å². The van der Waals surface area contributed by atoms with Gasteiger partial charge in [0.25, 0.3) is 0 Å². The van der Waals surface area contributed by atoms with Gasteiger partial charge in [0.05, 0.1) is 4.92 Å². The van der Waals surface area contributed by atoms with Gasteiger partial charge in [-0.3, -0.25) is 14.9 Å². The van der Waals surface area contributed by atoms with Crippen molar-refractivity contribution in [2.24, 2.45) is 0 Å². The molecule has 0 fully saturated rings. The van der Waals surface area contributed by atoms with E-state index in [2.05, 4.69) is 0 Å². The first-order valence-electron chi connectivity index (χ1n) is 6.02. The minimum absolute atomic E-state index is 0.154. The number of ether oxygens (including phenoxy) is 1. The van der Waals surface area contributed by atoms with Crippen molar-refractivity contribution in [3.63, 3.8) is 0 Å². The van der Waals surface area contributed by atoms with E-state index in [9.17, 15) is 14.9 Å². The van der Waals surface area contributed by atoms with Crippen LogP contribution in [0.5, 0.6) is 5.75 Å². The van der Waals surface area contributed by atoms with Gasteiger partial charge in [-0.05, 0) is 24.6 Å². The Morgan fingerprint density at radius 2 is 1.90 bits per heavy atom. The number of nitro groups is 1. The van der Waals surface area contributed by atoms with E-state index >= 15 is 0 Å². The molecule has 0 atom stereocenters. The molecule has 0 amide bonds. The molecule has 0 saturated carbocycles. The van der Waals surface area contributed by atoms with Gasteiger partial charge in [0.1, 0.15) is 12.9 Å². The zero-order valence-corrected chi connectivity index (χ0v) is 10.9. The molecule has 2 rings (SSSR count). The van der Waals surface area contributed by atoms with Crippen LogP contribution in [-0.2, 0) is 6.61 Å². The molecule has 0 aliphatic carbocycles. The fraction of sp³-hybridized carbons (Fsp3) is 0.133.